The van der Waals surface area contributed by atoms with Crippen LogP contribution in [0.4, 0.5) is 5.69 Å². The van der Waals surface area contributed by atoms with Crippen molar-refractivity contribution in [2.75, 3.05) is 5.32 Å². The molecule has 0 radical (unpaired) electrons. The third-order valence-corrected chi connectivity index (χ3v) is 6.47. The average molecular weight is 485 g/mol. The van der Waals surface area contributed by atoms with Gasteiger partial charge in [-0.05, 0) is 40.7 Å². The first kappa shape index (κ1) is 25.3. The number of aromatic hydroxyl groups is 1. The summed E-state index contributed by atoms with van der Waals surface area (Å²) in [5, 5.41) is 22.9. The van der Waals surface area contributed by atoms with E-state index in [1.54, 1.807) is 4.57 Å². The molecule has 0 aliphatic rings. The second kappa shape index (κ2) is 9.34. The number of rotatable bonds is 5. The van der Waals surface area contributed by atoms with Gasteiger partial charge in [-0.3, -0.25) is 10.2 Å². The zero-order chi connectivity index (χ0) is 26.3. The fraction of sp³-hybridized carbons (Fsp3) is 0.333. The summed E-state index contributed by atoms with van der Waals surface area (Å²) in [5.74, 6) is 0.0568. The minimum Gasteiger partial charge on any atom is -0.507 e. The number of carbonyl (C=O) groups excluding carboxylic acids is 1. The van der Waals surface area contributed by atoms with Crippen LogP contribution in [0.3, 0.4) is 0 Å². The number of nitrogens with zero attached hydrogens (tertiary/aromatic N) is 2. The molecule has 0 unspecified atom stereocenters. The maximum Gasteiger partial charge on any atom is 0.244 e. The summed E-state index contributed by atoms with van der Waals surface area (Å²) in [4.78, 5) is 13.3. The molecule has 1 heterocycles. The van der Waals surface area contributed by atoms with Crippen molar-refractivity contribution < 1.29 is 9.90 Å². The Morgan fingerprint density at radius 3 is 1.86 bits per heavy atom. The predicted molar refractivity (Wildman–Crippen MR) is 145 cm³/mol. The summed E-state index contributed by atoms with van der Waals surface area (Å²) in [6.07, 6.45) is 0. The minimum atomic E-state index is -0.293. The van der Waals surface area contributed by atoms with Gasteiger partial charge in [0.1, 0.15) is 12.3 Å². The fourth-order valence-corrected chi connectivity index (χ4v) is 4.57. The number of aromatic nitrogens is 2. The van der Waals surface area contributed by atoms with E-state index in [2.05, 4.69) is 5.32 Å². The van der Waals surface area contributed by atoms with Crippen molar-refractivity contribution in [1.82, 2.24) is 9.13 Å². The lowest BCUT2D eigenvalue weighted by atomic mass is 9.79. The molecule has 3 N–H and O–H groups in total. The SMILES string of the molecule is CC(C)(C)c1cc(NC(=O)Cn2c(=N)n(Cc3ccccc3)c3ccccc32)cc(C(C)(C)C)c1O. The highest BCUT2D eigenvalue weighted by molar-refractivity contribution is 5.92. The number of hydrogen-bond donors (Lipinski definition) is 3. The van der Waals surface area contributed by atoms with Gasteiger partial charge in [0.05, 0.1) is 17.6 Å². The Morgan fingerprint density at radius 2 is 1.33 bits per heavy atom. The first-order valence-corrected chi connectivity index (χ1v) is 12.3. The van der Waals surface area contributed by atoms with Crippen molar-refractivity contribution >= 4 is 22.6 Å². The standard InChI is InChI=1S/C30H36N4O2/c1-29(2,3)22-16-21(17-23(27(22)36)30(4,5)6)32-26(35)19-34-25-15-11-10-14-24(25)33(28(34)31)18-20-12-8-7-9-13-20/h7-17,31,36H,18-19H2,1-6H3,(H,32,35). The maximum atomic E-state index is 13.3. The second-order valence-corrected chi connectivity index (χ2v) is 11.4. The van der Waals surface area contributed by atoms with Crippen LogP contribution in [0, 0.1) is 5.41 Å². The number of fused-ring (bicyclic) bond motifs is 1. The quantitative estimate of drug-likeness (QED) is 0.308. The van der Waals surface area contributed by atoms with Crippen LogP contribution in [-0.4, -0.2) is 20.1 Å². The lowest BCUT2D eigenvalue weighted by molar-refractivity contribution is -0.116. The van der Waals surface area contributed by atoms with Crippen LogP contribution in [0.1, 0.15) is 58.2 Å². The van der Waals surface area contributed by atoms with Gasteiger partial charge in [-0.15, -0.1) is 0 Å². The van der Waals surface area contributed by atoms with Crippen LogP contribution in [0.2, 0.25) is 0 Å². The molecule has 4 aromatic rings. The van der Waals surface area contributed by atoms with Gasteiger partial charge in [0.25, 0.3) is 0 Å². The van der Waals surface area contributed by atoms with Crippen LogP contribution >= 0.6 is 0 Å². The van der Waals surface area contributed by atoms with Crippen LogP contribution in [0.25, 0.3) is 11.0 Å². The lowest BCUT2D eigenvalue weighted by Gasteiger charge is -2.28. The van der Waals surface area contributed by atoms with E-state index in [-0.39, 0.29) is 34.6 Å². The largest absolute Gasteiger partial charge is 0.507 e. The molecule has 0 aliphatic carbocycles. The normalized spacial score (nSPS) is 12.2. The van der Waals surface area contributed by atoms with Gasteiger partial charge in [0.2, 0.25) is 11.5 Å². The summed E-state index contributed by atoms with van der Waals surface area (Å²) >= 11 is 0. The number of hydrogen-bond acceptors (Lipinski definition) is 3. The molecule has 0 atom stereocenters. The fourth-order valence-electron chi connectivity index (χ4n) is 4.57. The van der Waals surface area contributed by atoms with Crippen molar-refractivity contribution in [3.63, 3.8) is 0 Å². The zero-order valence-corrected chi connectivity index (χ0v) is 22.0. The number of amides is 1. The Morgan fingerprint density at radius 1 is 0.833 bits per heavy atom. The van der Waals surface area contributed by atoms with Gasteiger partial charge in [-0.25, -0.2) is 0 Å². The van der Waals surface area contributed by atoms with E-state index >= 15 is 0 Å². The van der Waals surface area contributed by atoms with E-state index in [1.165, 1.54) is 0 Å². The van der Waals surface area contributed by atoms with Crippen molar-refractivity contribution in [1.29, 1.82) is 5.41 Å². The Kier molecular flexibility index (Phi) is 6.56. The molecule has 4 rings (SSSR count). The number of phenolic OH excluding ortho intramolecular Hbond substituents is 1. The Bertz CT molecular complexity index is 1430. The second-order valence-electron chi connectivity index (χ2n) is 11.4. The molecule has 0 bridgehead atoms. The molecular formula is C30H36N4O2. The zero-order valence-electron chi connectivity index (χ0n) is 22.0. The summed E-state index contributed by atoms with van der Waals surface area (Å²) in [7, 11) is 0. The van der Waals surface area contributed by atoms with Crippen LogP contribution in [0.15, 0.2) is 66.7 Å². The molecule has 188 valence electrons. The first-order chi connectivity index (χ1) is 16.9. The topological polar surface area (TPSA) is 83.0 Å². The molecule has 6 heteroatoms. The molecule has 0 spiro atoms. The van der Waals surface area contributed by atoms with E-state index in [0.29, 0.717) is 12.2 Å². The number of imidazole rings is 1. The van der Waals surface area contributed by atoms with Crippen molar-refractivity contribution in [2.24, 2.45) is 0 Å². The molecule has 6 nitrogen and oxygen atoms in total. The number of nitrogens with one attached hydrogen (secondary N) is 2. The first-order valence-electron chi connectivity index (χ1n) is 12.3. The van der Waals surface area contributed by atoms with E-state index < -0.39 is 0 Å². The summed E-state index contributed by atoms with van der Waals surface area (Å²) < 4.78 is 3.66. The van der Waals surface area contributed by atoms with Gasteiger partial charge >= 0.3 is 0 Å². The highest BCUT2D eigenvalue weighted by Gasteiger charge is 2.27. The van der Waals surface area contributed by atoms with Crippen molar-refractivity contribution in [3.8, 4) is 5.75 Å². The molecule has 0 aliphatic heterocycles. The van der Waals surface area contributed by atoms with E-state index in [1.807, 2.05) is 113 Å². The monoisotopic (exact) mass is 484 g/mol. The predicted octanol–water partition coefficient (Wildman–Crippen LogP) is 5.91. The lowest BCUT2D eigenvalue weighted by Crippen LogP contribution is -2.30. The smallest absolute Gasteiger partial charge is 0.244 e. The van der Waals surface area contributed by atoms with E-state index in [0.717, 1.165) is 27.7 Å². The Hall–Kier alpha value is -3.80. The molecule has 1 aromatic heterocycles. The molecule has 3 aromatic carbocycles. The van der Waals surface area contributed by atoms with Crippen molar-refractivity contribution in [3.05, 3.63) is 89.0 Å². The number of anilines is 1. The average Bonchev–Trinajstić information content (AvgIpc) is 3.05. The third-order valence-electron chi connectivity index (χ3n) is 6.47. The summed E-state index contributed by atoms with van der Waals surface area (Å²) in [5.41, 5.74) is 4.75. The summed E-state index contributed by atoms with van der Waals surface area (Å²) in [6, 6.07) is 21.5. The molecule has 0 fully saturated rings. The van der Waals surface area contributed by atoms with Gasteiger partial charge in [-0.1, -0.05) is 84.0 Å². The number of carbonyl (C=O) groups is 1. The Labute approximate surface area is 212 Å². The number of para-hydroxylation sites is 2. The highest BCUT2D eigenvalue weighted by Crippen LogP contribution is 2.41. The van der Waals surface area contributed by atoms with Crippen LogP contribution < -0.4 is 10.9 Å². The molecule has 1 amide bonds. The van der Waals surface area contributed by atoms with E-state index in [9.17, 15) is 9.90 Å². The minimum absolute atomic E-state index is 0.0116. The molecular weight excluding hydrogens is 448 g/mol. The van der Waals surface area contributed by atoms with Crippen LogP contribution in [0.5, 0.6) is 5.75 Å². The maximum absolute atomic E-state index is 13.3. The molecule has 0 saturated heterocycles. The van der Waals surface area contributed by atoms with Crippen LogP contribution in [-0.2, 0) is 28.7 Å². The highest BCUT2D eigenvalue weighted by atomic mass is 16.3. The van der Waals surface area contributed by atoms with Gasteiger partial charge in [-0.2, -0.15) is 0 Å². The number of phenols is 1. The number of benzene rings is 3. The van der Waals surface area contributed by atoms with E-state index in [4.69, 9.17) is 5.41 Å². The van der Waals surface area contributed by atoms with Gasteiger partial charge in [0, 0.05) is 16.8 Å². The molecule has 0 saturated carbocycles. The molecule has 36 heavy (non-hydrogen) atoms. The summed E-state index contributed by atoms with van der Waals surface area (Å²) in [6.45, 7) is 12.8. The van der Waals surface area contributed by atoms with Gasteiger partial charge < -0.3 is 19.6 Å². The third kappa shape index (κ3) is 5.08. The van der Waals surface area contributed by atoms with Crippen molar-refractivity contribution in [2.45, 2.75) is 65.5 Å². The Balaban J connectivity index is 1.69. The van der Waals surface area contributed by atoms with Gasteiger partial charge in [0.15, 0.2) is 0 Å².